The number of rotatable bonds is 8. The van der Waals surface area contributed by atoms with Crippen LogP contribution >= 0.6 is 0 Å². The molecule has 9 heteroatoms. The van der Waals surface area contributed by atoms with Crippen LogP contribution in [0.15, 0.2) is 36.4 Å². The molecule has 0 spiro atoms. The van der Waals surface area contributed by atoms with Crippen molar-refractivity contribution in [3.8, 4) is 23.0 Å². The van der Waals surface area contributed by atoms with Gasteiger partial charge in [0.05, 0.1) is 39.8 Å². The maximum Gasteiger partial charge on any atom is 0.325 e. The minimum absolute atomic E-state index is 0.0953. The van der Waals surface area contributed by atoms with Crippen LogP contribution in [-0.2, 0) is 4.79 Å². The summed E-state index contributed by atoms with van der Waals surface area (Å²) in [6, 6.07) is 10.1. The number of methoxy groups -OCH3 is 4. The minimum Gasteiger partial charge on any atom is -0.497 e. The van der Waals surface area contributed by atoms with Gasteiger partial charge in [0.1, 0.15) is 29.5 Å². The van der Waals surface area contributed by atoms with Crippen molar-refractivity contribution < 1.29 is 28.5 Å². The average Bonchev–Trinajstić information content (AvgIpc) is 3.12. The summed E-state index contributed by atoms with van der Waals surface area (Å²) in [5.41, 5.74) is 1.07. The van der Waals surface area contributed by atoms with Gasteiger partial charge in [-0.25, -0.2) is 4.79 Å². The van der Waals surface area contributed by atoms with Crippen molar-refractivity contribution in [2.45, 2.75) is 0 Å². The minimum atomic E-state index is -0.339. The third kappa shape index (κ3) is 4.35. The molecule has 3 amide bonds. The van der Waals surface area contributed by atoms with Crippen LogP contribution in [0.3, 0.4) is 0 Å². The van der Waals surface area contributed by atoms with Crippen LogP contribution in [0.2, 0.25) is 0 Å². The fourth-order valence-corrected chi connectivity index (χ4v) is 3.24. The zero-order chi connectivity index (χ0) is 21.7. The molecule has 0 bridgehead atoms. The number of nitrogens with zero attached hydrogens (tertiary/aromatic N) is 2. The second-order valence-corrected chi connectivity index (χ2v) is 6.51. The van der Waals surface area contributed by atoms with Crippen LogP contribution in [0.1, 0.15) is 0 Å². The maximum absolute atomic E-state index is 12.9. The quantitative estimate of drug-likeness (QED) is 0.713. The molecule has 0 radical (unpaired) electrons. The largest absolute Gasteiger partial charge is 0.497 e. The molecule has 1 N–H and O–H groups in total. The molecule has 2 aromatic rings. The summed E-state index contributed by atoms with van der Waals surface area (Å²) in [5.74, 6) is 1.91. The Morgan fingerprint density at radius 1 is 0.900 bits per heavy atom. The van der Waals surface area contributed by atoms with Crippen molar-refractivity contribution in [1.82, 2.24) is 4.90 Å². The van der Waals surface area contributed by atoms with Crippen molar-refractivity contribution in [1.29, 1.82) is 0 Å². The SMILES string of the molecule is COc1ccc(OC)c(NC(=O)CN2CCN(c3cc(OC)ccc3OC)C2=O)c1. The number of urea groups is 1. The Hall–Kier alpha value is -3.62. The number of benzene rings is 2. The molecule has 3 rings (SSSR count). The lowest BCUT2D eigenvalue weighted by atomic mass is 10.2. The standard InChI is InChI=1S/C21H25N3O6/c1-27-14-5-7-18(29-3)16(11-14)22-20(25)13-23-9-10-24(21(23)26)17-12-15(28-2)6-8-19(17)30-4/h5-8,11-12H,9-10,13H2,1-4H3,(H,22,25). The van der Waals surface area contributed by atoms with Crippen LogP contribution in [-0.4, -0.2) is 64.9 Å². The molecule has 1 saturated heterocycles. The summed E-state index contributed by atoms with van der Waals surface area (Å²) in [6.07, 6.45) is 0. The van der Waals surface area contributed by atoms with Gasteiger partial charge in [-0.3, -0.25) is 9.69 Å². The molecule has 0 aromatic heterocycles. The number of carbonyl (C=O) groups excluding carboxylic acids is 2. The Morgan fingerprint density at radius 2 is 1.53 bits per heavy atom. The predicted molar refractivity (Wildman–Crippen MR) is 112 cm³/mol. The number of hydrogen-bond donors (Lipinski definition) is 1. The fourth-order valence-electron chi connectivity index (χ4n) is 3.24. The van der Waals surface area contributed by atoms with E-state index in [0.717, 1.165) is 0 Å². The van der Waals surface area contributed by atoms with E-state index >= 15 is 0 Å². The molecule has 1 aliphatic heterocycles. The van der Waals surface area contributed by atoms with Crippen LogP contribution in [0.25, 0.3) is 0 Å². The Labute approximate surface area is 175 Å². The van der Waals surface area contributed by atoms with Crippen LogP contribution < -0.4 is 29.2 Å². The second kappa shape index (κ2) is 9.25. The zero-order valence-electron chi connectivity index (χ0n) is 17.4. The van der Waals surface area contributed by atoms with Crippen LogP contribution in [0.5, 0.6) is 23.0 Å². The number of carbonyl (C=O) groups is 2. The molecule has 1 fully saturated rings. The lowest BCUT2D eigenvalue weighted by Crippen LogP contribution is -2.37. The smallest absolute Gasteiger partial charge is 0.325 e. The lowest BCUT2D eigenvalue weighted by Gasteiger charge is -2.21. The Bertz CT molecular complexity index is 933. The number of nitrogens with one attached hydrogen (secondary N) is 1. The van der Waals surface area contributed by atoms with Gasteiger partial charge in [-0.15, -0.1) is 0 Å². The Kier molecular flexibility index (Phi) is 6.51. The van der Waals surface area contributed by atoms with E-state index in [2.05, 4.69) is 5.32 Å². The highest BCUT2D eigenvalue weighted by Crippen LogP contribution is 2.34. The zero-order valence-corrected chi connectivity index (χ0v) is 17.4. The Morgan fingerprint density at radius 3 is 2.17 bits per heavy atom. The summed E-state index contributed by atoms with van der Waals surface area (Å²) in [5, 5.41) is 2.78. The van der Waals surface area contributed by atoms with Gasteiger partial charge < -0.3 is 29.2 Å². The van der Waals surface area contributed by atoms with Gasteiger partial charge in [0, 0.05) is 25.2 Å². The highest BCUT2D eigenvalue weighted by molar-refractivity contribution is 6.00. The first-order valence-corrected chi connectivity index (χ1v) is 9.31. The molecule has 0 saturated carbocycles. The summed E-state index contributed by atoms with van der Waals surface area (Å²) in [7, 11) is 6.15. The highest BCUT2D eigenvalue weighted by Gasteiger charge is 2.32. The third-order valence-electron chi connectivity index (χ3n) is 4.79. The van der Waals surface area contributed by atoms with Crippen LogP contribution in [0.4, 0.5) is 16.2 Å². The van der Waals surface area contributed by atoms with Gasteiger partial charge in [0.15, 0.2) is 0 Å². The lowest BCUT2D eigenvalue weighted by molar-refractivity contribution is -0.116. The predicted octanol–water partition coefficient (Wildman–Crippen LogP) is 2.60. The first-order valence-electron chi connectivity index (χ1n) is 9.31. The Balaban J connectivity index is 1.71. The number of anilines is 2. The maximum atomic E-state index is 12.9. The van der Waals surface area contributed by atoms with Gasteiger partial charge >= 0.3 is 6.03 Å². The highest BCUT2D eigenvalue weighted by atomic mass is 16.5. The monoisotopic (exact) mass is 415 g/mol. The molecule has 1 aliphatic rings. The molecule has 0 atom stereocenters. The van der Waals surface area contributed by atoms with Crippen molar-refractivity contribution in [2.75, 3.05) is 58.3 Å². The summed E-state index contributed by atoms with van der Waals surface area (Å²) in [4.78, 5) is 28.5. The van der Waals surface area contributed by atoms with E-state index in [4.69, 9.17) is 18.9 Å². The van der Waals surface area contributed by atoms with Gasteiger partial charge in [-0.1, -0.05) is 0 Å². The summed E-state index contributed by atoms with van der Waals surface area (Å²) >= 11 is 0. The normalized spacial score (nSPS) is 13.3. The van der Waals surface area contributed by atoms with E-state index in [1.807, 2.05) is 0 Å². The number of hydrogen-bond acceptors (Lipinski definition) is 6. The molecule has 30 heavy (non-hydrogen) atoms. The first kappa shape index (κ1) is 21.1. The average molecular weight is 415 g/mol. The summed E-state index contributed by atoms with van der Waals surface area (Å²) in [6.45, 7) is 0.738. The number of ether oxygens (including phenoxy) is 4. The van der Waals surface area contributed by atoms with Gasteiger partial charge in [0.25, 0.3) is 0 Å². The molecule has 9 nitrogen and oxygen atoms in total. The third-order valence-corrected chi connectivity index (χ3v) is 4.79. The van der Waals surface area contributed by atoms with Crippen molar-refractivity contribution >= 4 is 23.3 Å². The topological polar surface area (TPSA) is 89.6 Å². The molecular weight excluding hydrogens is 390 g/mol. The van der Waals surface area contributed by atoms with E-state index in [0.29, 0.717) is 47.5 Å². The molecular formula is C21H25N3O6. The van der Waals surface area contributed by atoms with E-state index < -0.39 is 0 Å². The van der Waals surface area contributed by atoms with Crippen molar-refractivity contribution in [3.63, 3.8) is 0 Å². The van der Waals surface area contributed by atoms with Crippen molar-refractivity contribution in [2.24, 2.45) is 0 Å². The second-order valence-electron chi connectivity index (χ2n) is 6.51. The van der Waals surface area contributed by atoms with E-state index in [9.17, 15) is 9.59 Å². The first-order chi connectivity index (χ1) is 14.5. The molecule has 2 aromatic carbocycles. The molecule has 160 valence electrons. The molecule has 1 heterocycles. The van der Waals surface area contributed by atoms with E-state index in [1.54, 1.807) is 55.5 Å². The fraction of sp³-hybridized carbons (Fsp3) is 0.333. The van der Waals surface area contributed by atoms with Gasteiger partial charge in [0.2, 0.25) is 5.91 Å². The van der Waals surface area contributed by atoms with Gasteiger partial charge in [-0.05, 0) is 24.3 Å². The molecule has 0 aliphatic carbocycles. The number of amides is 3. The summed E-state index contributed by atoms with van der Waals surface area (Å²) < 4.78 is 21.1. The van der Waals surface area contributed by atoms with E-state index in [1.165, 1.54) is 19.1 Å². The molecule has 0 unspecified atom stereocenters. The van der Waals surface area contributed by atoms with Gasteiger partial charge in [-0.2, -0.15) is 0 Å². The van der Waals surface area contributed by atoms with Crippen molar-refractivity contribution in [3.05, 3.63) is 36.4 Å². The van der Waals surface area contributed by atoms with Crippen LogP contribution in [0, 0.1) is 0 Å². The van der Waals surface area contributed by atoms with E-state index in [-0.39, 0.29) is 18.5 Å².